The summed E-state index contributed by atoms with van der Waals surface area (Å²) in [7, 11) is 0. The number of carbonyl (C=O) groups is 4. The first-order valence-corrected chi connectivity index (χ1v) is 21.7. The van der Waals surface area contributed by atoms with Gasteiger partial charge in [-0.15, -0.1) is 0 Å². The maximum Gasteiger partial charge on any atom is 0.407 e. The Labute approximate surface area is 331 Å². The van der Waals surface area contributed by atoms with Gasteiger partial charge in [0.15, 0.2) is 0 Å². The van der Waals surface area contributed by atoms with Crippen LogP contribution in [0.4, 0.5) is 4.79 Å². The largest absolute Gasteiger partial charge is 0.481 e. The highest BCUT2D eigenvalue weighted by Crippen LogP contribution is 2.78. The van der Waals surface area contributed by atoms with E-state index in [4.69, 9.17) is 9.47 Å². The number of hydrogen-bond acceptors (Lipinski definition) is 6. The lowest BCUT2D eigenvalue weighted by Gasteiger charge is -2.73. The van der Waals surface area contributed by atoms with Crippen molar-refractivity contribution in [2.24, 2.45) is 62.1 Å². The molecule has 1 unspecified atom stereocenters. The van der Waals surface area contributed by atoms with Crippen molar-refractivity contribution >= 4 is 23.9 Å². The number of allylic oxidation sites excluding steroid dienone is 1. The molecule has 0 aromatic heterocycles. The van der Waals surface area contributed by atoms with E-state index in [1.807, 2.05) is 25.7 Å². The highest BCUT2D eigenvalue weighted by Gasteiger charge is 2.71. The second-order valence-corrected chi connectivity index (χ2v) is 22.4. The number of likely N-dealkylation sites (tertiary alicyclic amines) is 1. The summed E-state index contributed by atoms with van der Waals surface area (Å²) in [6, 6.07) is -0.0867. The second-order valence-electron chi connectivity index (χ2n) is 22.4. The summed E-state index contributed by atoms with van der Waals surface area (Å²) in [4.78, 5) is 53.7. The van der Waals surface area contributed by atoms with Crippen LogP contribution in [-0.2, 0) is 23.9 Å². The molecule has 11 atom stereocenters. The molecule has 310 valence electrons. The number of rotatable bonds is 8. The predicted molar refractivity (Wildman–Crippen MR) is 214 cm³/mol. The van der Waals surface area contributed by atoms with Gasteiger partial charge in [-0.25, -0.2) is 4.79 Å². The molecule has 0 radical (unpaired) electrons. The van der Waals surface area contributed by atoms with Gasteiger partial charge in [0.25, 0.3) is 0 Å². The van der Waals surface area contributed by atoms with Gasteiger partial charge in [0.2, 0.25) is 5.91 Å². The Morgan fingerprint density at radius 3 is 2.16 bits per heavy atom. The van der Waals surface area contributed by atoms with Crippen molar-refractivity contribution in [1.82, 2.24) is 10.2 Å². The Hall–Kier alpha value is -2.58. The van der Waals surface area contributed by atoms with E-state index in [2.05, 4.69) is 53.4 Å². The zero-order valence-corrected chi connectivity index (χ0v) is 36.2. The van der Waals surface area contributed by atoms with Gasteiger partial charge >= 0.3 is 18.0 Å². The van der Waals surface area contributed by atoms with Crippen LogP contribution in [0.5, 0.6) is 0 Å². The van der Waals surface area contributed by atoms with Crippen LogP contribution in [0.2, 0.25) is 0 Å². The Balaban J connectivity index is 1.19. The van der Waals surface area contributed by atoms with E-state index < -0.39 is 29.0 Å². The summed E-state index contributed by atoms with van der Waals surface area (Å²) in [5.41, 5.74) is -0.276. The predicted octanol–water partition coefficient (Wildman–Crippen LogP) is 9.57. The van der Waals surface area contributed by atoms with Gasteiger partial charge in [-0.3, -0.25) is 14.4 Å². The van der Waals surface area contributed by atoms with Gasteiger partial charge in [0.1, 0.15) is 11.7 Å². The van der Waals surface area contributed by atoms with Crippen molar-refractivity contribution in [2.75, 3.05) is 13.1 Å². The molecule has 6 rings (SSSR count). The summed E-state index contributed by atoms with van der Waals surface area (Å²) in [5.74, 6) is 1.21. The molecule has 1 saturated heterocycles. The molecule has 9 heteroatoms. The van der Waals surface area contributed by atoms with Crippen LogP contribution in [0.25, 0.3) is 0 Å². The number of esters is 1. The lowest BCUT2D eigenvalue weighted by atomic mass is 9.32. The summed E-state index contributed by atoms with van der Waals surface area (Å²) < 4.78 is 11.7. The summed E-state index contributed by atoms with van der Waals surface area (Å²) in [6.07, 6.45) is 11.4. The van der Waals surface area contributed by atoms with Gasteiger partial charge in [0, 0.05) is 24.9 Å². The van der Waals surface area contributed by atoms with Gasteiger partial charge in [-0.2, -0.15) is 0 Å². The van der Waals surface area contributed by atoms with Crippen LogP contribution in [0.1, 0.15) is 160 Å². The lowest BCUT2D eigenvalue weighted by Crippen LogP contribution is -2.67. The molecule has 55 heavy (non-hydrogen) atoms. The van der Waals surface area contributed by atoms with Crippen LogP contribution in [-0.4, -0.2) is 64.8 Å². The summed E-state index contributed by atoms with van der Waals surface area (Å²) in [5, 5.41) is 12.6. The van der Waals surface area contributed by atoms with E-state index in [9.17, 15) is 24.3 Å². The number of alkyl carbamates (subject to hydrolysis) is 1. The minimum absolute atomic E-state index is 0.0228. The number of carboxylic acid groups (broad SMARTS) is 1. The standard InChI is InChI=1S/C46H74N2O7/c1-28(2)30-15-21-46(25-35(49)48-24-18-29(27-48)47-39(53)55-40(3,4)5)23-22-44(11)31(37(30)46)13-14-33-43(10)19-17-34(54-36(50)26-41(6,7)38(51)52)42(8,9)32(43)16-20-45(33,44)12/h29-34,37H,1,13-27H2,2-12H3,(H,47,53)(H,51,52)/t29-,30?,31+,32-,33+,34-,37+,43-,44+,45+,46+/m0/s1. The normalized spacial score (nSPS) is 40.9. The molecule has 0 aromatic carbocycles. The third-order valence-electron chi connectivity index (χ3n) is 17.4. The lowest BCUT2D eigenvalue weighted by molar-refractivity contribution is -0.250. The minimum atomic E-state index is -1.16. The third kappa shape index (κ3) is 7.16. The Bertz CT molecular complexity index is 1560. The number of nitrogens with zero attached hydrogens (tertiary/aromatic N) is 1. The number of nitrogens with one attached hydrogen (secondary N) is 1. The van der Waals surface area contributed by atoms with Crippen molar-refractivity contribution in [3.05, 3.63) is 12.2 Å². The van der Waals surface area contributed by atoms with Gasteiger partial charge in [0.05, 0.1) is 17.9 Å². The van der Waals surface area contributed by atoms with E-state index in [-0.39, 0.29) is 51.5 Å². The zero-order valence-electron chi connectivity index (χ0n) is 36.2. The average Bonchev–Trinajstić information content (AvgIpc) is 3.67. The molecule has 0 aromatic rings. The van der Waals surface area contributed by atoms with Crippen LogP contribution >= 0.6 is 0 Å². The van der Waals surface area contributed by atoms with Crippen molar-refractivity contribution in [1.29, 1.82) is 0 Å². The number of ether oxygens (including phenoxy) is 2. The topological polar surface area (TPSA) is 122 Å². The first-order chi connectivity index (χ1) is 25.3. The van der Waals surface area contributed by atoms with Crippen molar-refractivity contribution < 1.29 is 33.8 Å². The highest BCUT2D eigenvalue weighted by molar-refractivity contribution is 5.81. The third-order valence-corrected chi connectivity index (χ3v) is 17.4. The number of aliphatic carboxylic acids is 1. The van der Waals surface area contributed by atoms with Gasteiger partial charge < -0.3 is 24.8 Å². The van der Waals surface area contributed by atoms with E-state index in [1.54, 1.807) is 13.8 Å². The van der Waals surface area contributed by atoms with Gasteiger partial charge in [-0.1, -0.05) is 46.8 Å². The van der Waals surface area contributed by atoms with Gasteiger partial charge in [-0.05, 0) is 163 Å². The molecule has 2 amide bonds. The average molecular weight is 767 g/mol. The number of carbonyl (C=O) groups excluding carboxylic acids is 3. The highest BCUT2D eigenvalue weighted by atomic mass is 16.6. The Morgan fingerprint density at radius 1 is 0.836 bits per heavy atom. The van der Waals surface area contributed by atoms with E-state index in [0.29, 0.717) is 49.1 Å². The molecule has 1 heterocycles. The Kier molecular flexibility index (Phi) is 10.7. The minimum Gasteiger partial charge on any atom is -0.481 e. The second kappa shape index (κ2) is 14.1. The van der Waals surface area contributed by atoms with Crippen LogP contribution in [0, 0.1) is 62.1 Å². The van der Waals surface area contributed by atoms with Crippen LogP contribution < -0.4 is 5.32 Å². The van der Waals surface area contributed by atoms with E-state index in [1.165, 1.54) is 18.4 Å². The number of amides is 2. The first kappa shape index (κ1) is 42.0. The molecule has 6 aliphatic rings. The molecule has 0 bridgehead atoms. The summed E-state index contributed by atoms with van der Waals surface area (Å²) >= 11 is 0. The molecule has 6 fully saturated rings. The fourth-order valence-electron chi connectivity index (χ4n) is 14.4. The zero-order chi connectivity index (χ0) is 40.7. The van der Waals surface area contributed by atoms with Crippen molar-refractivity contribution in [3.8, 4) is 0 Å². The molecule has 2 N–H and O–H groups in total. The van der Waals surface area contributed by atoms with E-state index in [0.717, 1.165) is 57.8 Å². The smallest absolute Gasteiger partial charge is 0.407 e. The Morgan fingerprint density at radius 2 is 1.53 bits per heavy atom. The monoisotopic (exact) mass is 767 g/mol. The molecule has 9 nitrogen and oxygen atoms in total. The maximum absolute atomic E-state index is 14.3. The molecular weight excluding hydrogens is 693 g/mol. The molecule has 5 saturated carbocycles. The molecule has 1 aliphatic heterocycles. The van der Waals surface area contributed by atoms with Crippen molar-refractivity contribution in [3.63, 3.8) is 0 Å². The first-order valence-electron chi connectivity index (χ1n) is 21.7. The quantitative estimate of drug-likeness (QED) is 0.186. The van der Waals surface area contributed by atoms with Crippen LogP contribution in [0.15, 0.2) is 12.2 Å². The molecule has 5 aliphatic carbocycles. The van der Waals surface area contributed by atoms with Crippen molar-refractivity contribution in [2.45, 2.75) is 177 Å². The molecular formula is C46H74N2O7. The maximum atomic E-state index is 14.3. The number of carboxylic acids is 1. The van der Waals surface area contributed by atoms with Crippen LogP contribution in [0.3, 0.4) is 0 Å². The molecule has 0 spiro atoms. The fourth-order valence-corrected chi connectivity index (χ4v) is 14.4. The number of fused-ring (bicyclic) bond motifs is 7. The summed E-state index contributed by atoms with van der Waals surface area (Å²) in [6.45, 7) is 29.2. The fraction of sp³-hybridized carbons (Fsp3) is 0.870. The SMILES string of the molecule is C=C(C)C1CC[C@]2(CC(=O)N3CC[C@H](NC(=O)OC(C)(C)C)C3)CC[C@]3(C)[C@H](CC[C@@H]4[C@@]5(C)CC[C@H](OC(=O)CC(C)(C)C(=O)O)C(C)(C)[C@@H]5CC[C@]43C)[C@@H]12. The number of hydrogen-bond donors (Lipinski definition) is 2. The van der Waals surface area contributed by atoms with E-state index >= 15 is 0 Å².